The van der Waals surface area contributed by atoms with Crippen LogP contribution in [0.5, 0.6) is 0 Å². The van der Waals surface area contributed by atoms with Gasteiger partial charge in [0.1, 0.15) is 0 Å². The molecule has 3 unspecified atom stereocenters. The highest BCUT2D eigenvalue weighted by molar-refractivity contribution is 5.88. The van der Waals surface area contributed by atoms with Gasteiger partial charge in [0.05, 0.1) is 18.4 Å². The average molecular weight is 274 g/mol. The van der Waals surface area contributed by atoms with E-state index in [1.165, 1.54) is 32.8 Å². The van der Waals surface area contributed by atoms with Crippen LogP contribution in [-0.2, 0) is 11.3 Å². The molecule has 0 amide bonds. The second-order valence-corrected chi connectivity index (χ2v) is 6.10. The van der Waals surface area contributed by atoms with E-state index in [0.29, 0.717) is 5.56 Å². The maximum atomic E-state index is 11.3. The lowest BCUT2D eigenvalue weighted by atomic mass is 9.89. The number of methoxy groups -OCH3 is 1. The highest BCUT2D eigenvalue weighted by Crippen LogP contribution is 2.47. The Bertz CT molecular complexity index is 472. The van der Waals surface area contributed by atoms with Gasteiger partial charge in [0, 0.05) is 12.7 Å². The van der Waals surface area contributed by atoms with Gasteiger partial charge in [0.15, 0.2) is 0 Å². The van der Waals surface area contributed by atoms with Crippen LogP contribution in [0, 0.1) is 17.8 Å². The highest BCUT2D eigenvalue weighted by Gasteiger charge is 2.38. The molecule has 4 nitrogen and oxygen atoms in total. The summed E-state index contributed by atoms with van der Waals surface area (Å²) in [6.07, 6.45) is 7.34. The van der Waals surface area contributed by atoms with Crippen molar-refractivity contribution >= 4 is 5.97 Å². The Morgan fingerprint density at radius 3 is 2.90 bits per heavy atom. The monoisotopic (exact) mass is 274 g/mol. The fourth-order valence-corrected chi connectivity index (χ4v) is 3.78. The molecule has 0 radical (unpaired) electrons. The van der Waals surface area contributed by atoms with Crippen LogP contribution >= 0.6 is 0 Å². The van der Waals surface area contributed by atoms with Crippen molar-refractivity contribution in [1.29, 1.82) is 0 Å². The van der Waals surface area contributed by atoms with Crippen molar-refractivity contribution in [3.8, 4) is 0 Å². The number of carbonyl (C=O) groups excluding carboxylic acids is 1. The molecular formula is C16H22N2O2. The van der Waals surface area contributed by atoms with Crippen molar-refractivity contribution in [1.82, 2.24) is 10.3 Å². The number of nitrogens with one attached hydrogen (secondary N) is 1. The first-order valence-corrected chi connectivity index (χ1v) is 7.50. The number of nitrogens with zero attached hydrogens (tertiary/aromatic N) is 1. The maximum absolute atomic E-state index is 11.3. The molecule has 0 aliphatic heterocycles. The smallest absolute Gasteiger partial charge is 0.339 e. The number of rotatable bonds is 5. The lowest BCUT2D eigenvalue weighted by Gasteiger charge is -2.21. The van der Waals surface area contributed by atoms with E-state index in [1.54, 1.807) is 12.3 Å². The summed E-state index contributed by atoms with van der Waals surface area (Å²) in [6, 6.07) is 3.66. The molecule has 20 heavy (non-hydrogen) atoms. The summed E-state index contributed by atoms with van der Waals surface area (Å²) in [6.45, 7) is 1.87. The second kappa shape index (κ2) is 5.92. The number of esters is 1. The summed E-state index contributed by atoms with van der Waals surface area (Å²) in [4.78, 5) is 15.6. The molecule has 2 aliphatic carbocycles. The molecule has 0 spiro atoms. The molecule has 2 fully saturated rings. The zero-order valence-corrected chi connectivity index (χ0v) is 12.0. The minimum atomic E-state index is -0.334. The first-order chi connectivity index (χ1) is 9.76. The van der Waals surface area contributed by atoms with Crippen molar-refractivity contribution in [2.24, 2.45) is 17.8 Å². The summed E-state index contributed by atoms with van der Waals surface area (Å²) >= 11 is 0. The maximum Gasteiger partial charge on any atom is 0.339 e. The minimum Gasteiger partial charge on any atom is -0.465 e. The van der Waals surface area contributed by atoms with Crippen molar-refractivity contribution in [3.05, 3.63) is 29.6 Å². The molecule has 3 atom stereocenters. The Morgan fingerprint density at radius 2 is 2.30 bits per heavy atom. The summed E-state index contributed by atoms with van der Waals surface area (Å²) in [5.41, 5.74) is 1.48. The lowest BCUT2D eigenvalue weighted by Crippen LogP contribution is -2.26. The summed E-state index contributed by atoms with van der Waals surface area (Å²) in [5.74, 6) is 2.49. The number of hydrogen-bond acceptors (Lipinski definition) is 4. The van der Waals surface area contributed by atoms with Gasteiger partial charge in [-0.3, -0.25) is 4.98 Å². The third-order valence-corrected chi connectivity index (χ3v) is 4.84. The first kappa shape index (κ1) is 13.6. The molecule has 4 heteroatoms. The van der Waals surface area contributed by atoms with Gasteiger partial charge in [-0.2, -0.15) is 0 Å². The molecule has 0 aromatic carbocycles. The van der Waals surface area contributed by atoms with E-state index >= 15 is 0 Å². The van der Waals surface area contributed by atoms with Crippen LogP contribution in [0.1, 0.15) is 41.7 Å². The van der Waals surface area contributed by atoms with E-state index in [0.717, 1.165) is 36.5 Å². The normalized spacial score (nSPS) is 27.8. The number of hydrogen-bond donors (Lipinski definition) is 1. The highest BCUT2D eigenvalue weighted by atomic mass is 16.5. The van der Waals surface area contributed by atoms with Gasteiger partial charge in [-0.25, -0.2) is 4.79 Å². The molecule has 0 saturated heterocycles. The molecule has 3 rings (SSSR count). The Balaban J connectivity index is 1.45. The SMILES string of the molecule is COC(=O)c1ccc(CNCC2CC3CCC2C3)nc1. The molecule has 1 heterocycles. The number of pyridine rings is 1. The van der Waals surface area contributed by atoms with Gasteiger partial charge in [0.25, 0.3) is 0 Å². The van der Waals surface area contributed by atoms with Crippen molar-refractivity contribution in [2.45, 2.75) is 32.2 Å². The quantitative estimate of drug-likeness (QED) is 0.838. The summed E-state index contributed by atoms with van der Waals surface area (Å²) in [5, 5.41) is 3.51. The topological polar surface area (TPSA) is 51.2 Å². The first-order valence-electron chi connectivity index (χ1n) is 7.50. The van der Waals surface area contributed by atoms with Gasteiger partial charge < -0.3 is 10.1 Å². The molecule has 108 valence electrons. The van der Waals surface area contributed by atoms with Gasteiger partial charge in [-0.15, -0.1) is 0 Å². The third kappa shape index (κ3) is 2.85. The number of aromatic nitrogens is 1. The Hall–Kier alpha value is -1.42. The van der Waals surface area contributed by atoms with Gasteiger partial charge in [0.2, 0.25) is 0 Å². The van der Waals surface area contributed by atoms with E-state index in [-0.39, 0.29) is 5.97 Å². The molecule has 2 saturated carbocycles. The largest absolute Gasteiger partial charge is 0.465 e. The van der Waals surface area contributed by atoms with Crippen molar-refractivity contribution in [3.63, 3.8) is 0 Å². The summed E-state index contributed by atoms with van der Waals surface area (Å²) < 4.78 is 4.66. The fraction of sp³-hybridized carbons (Fsp3) is 0.625. The van der Waals surface area contributed by atoms with E-state index in [4.69, 9.17) is 0 Å². The fourth-order valence-electron chi connectivity index (χ4n) is 3.78. The van der Waals surface area contributed by atoms with E-state index in [2.05, 4.69) is 15.0 Å². The standard InChI is InChI=1S/C16H22N2O2/c1-20-16(19)13-4-5-15(18-9-13)10-17-8-14-7-11-2-3-12(14)6-11/h4-5,9,11-12,14,17H,2-3,6-8,10H2,1H3. The number of carbonyl (C=O) groups is 1. The average Bonchev–Trinajstić information content (AvgIpc) is 3.10. The van der Waals surface area contributed by atoms with E-state index in [9.17, 15) is 4.79 Å². The van der Waals surface area contributed by atoms with E-state index < -0.39 is 0 Å². The molecule has 2 bridgehead atoms. The van der Waals surface area contributed by atoms with Crippen LogP contribution in [0.2, 0.25) is 0 Å². The molecular weight excluding hydrogens is 252 g/mol. The molecule has 2 aliphatic rings. The molecule has 1 aromatic heterocycles. The Kier molecular flexibility index (Phi) is 4.01. The zero-order valence-electron chi connectivity index (χ0n) is 12.0. The number of fused-ring (bicyclic) bond motifs is 2. The van der Waals surface area contributed by atoms with Crippen LogP contribution in [0.25, 0.3) is 0 Å². The van der Waals surface area contributed by atoms with Gasteiger partial charge in [-0.1, -0.05) is 6.42 Å². The van der Waals surface area contributed by atoms with E-state index in [1.807, 2.05) is 6.07 Å². The lowest BCUT2D eigenvalue weighted by molar-refractivity contribution is 0.0600. The van der Waals surface area contributed by atoms with Gasteiger partial charge >= 0.3 is 5.97 Å². The number of ether oxygens (including phenoxy) is 1. The second-order valence-electron chi connectivity index (χ2n) is 6.10. The van der Waals surface area contributed by atoms with Crippen molar-refractivity contribution in [2.75, 3.05) is 13.7 Å². The Labute approximate surface area is 119 Å². The molecule has 1 aromatic rings. The van der Waals surface area contributed by atoms with Crippen LogP contribution in [0.3, 0.4) is 0 Å². The van der Waals surface area contributed by atoms with Crippen LogP contribution < -0.4 is 5.32 Å². The third-order valence-electron chi connectivity index (χ3n) is 4.84. The van der Waals surface area contributed by atoms with Crippen LogP contribution in [-0.4, -0.2) is 24.6 Å². The van der Waals surface area contributed by atoms with Crippen molar-refractivity contribution < 1.29 is 9.53 Å². The van der Waals surface area contributed by atoms with Gasteiger partial charge in [-0.05, 0) is 55.7 Å². The van der Waals surface area contributed by atoms with Crippen LogP contribution in [0.15, 0.2) is 18.3 Å². The predicted molar refractivity (Wildman–Crippen MR) is 76.2 cm³/mol. The van der Waals surface area contributed by atoms with Crippen LogP contribution in [0.4, 0.5) is 0 Å². The summed E-state index contributed by atoms with van der Waals surface area (Å²) in [7, 11) is 1.38. The Morgan fingerprint density at radius 1 is 1.40 bits per heavy atom. The molecule has 1 N–H and O–H groups in total. The zero-order chi connectivity index (χ0) is 13.9. The minimum absolute atomic E-state index is 0.334. The predicted octanol–water partition coefficient (Wildman–Crippen LogP) is 2.39.